The minimum Gasteiger partial charge on any atom is -0.383 e. The number of nitrogens with two attached hydrogens (primary N) is 1. The predicted octanol–water partition coefficient (Wildman–Crippen LogP) is 3.28. The summed E-state index contributed by atoms with van der Waals surface area (Å²) in [7, 11) is 0. The topological polar surface area (TPSA) is 50.9 Å². The molecule has 0 aromatic carbocycles. The molecule has 5 heteroatoms. The number of nitrogen functional groups attached to an aromatic ring is 1. The van der Waals surface area contributed by atoms with E-state index in [9.17, 15) is 0 Å². The van der Waals surface area contributed by atoms with E-state index in [0.717, 1.165) is 17.4 Å². The van der Waals surface area contributed by atoms with Crippen LogP contribution >= 0.6 is 22.9 Å². The van der Waals surface area contributed by atoms with Gasteiger partial charge in [0.25, 0.3) is 0 Å². The Kier molecular flexibility index (Phi) is 2.57. The fourth-order valence-corrected chi connectivity index (χ4v) is 3.24. The number of hydrogen-bond acceptors (Lipinski definition) is 5. The fourth-order valence-electron chi connectivity index (χ4n) is 1.78. The molecule has 3 N–H and O–H groups in total. The second-order valence-corrected chi connectivity index (χ2v) is 5.62. The Hall–Kier alpha value is -1.07. The van der Waals surface area contributed by atoms with Crippen molar-refractivity contribution in [1.29, 1.82) is 0 Å². The van der Waals surface area contributed by atoms with Crippen LogP contribution in [-0.2, 0) is 6.54 Å². The summed E-state index contributed by atoms with van der Waals surface area (Å²) in [6.07, 6.45) is 2.52. The van der Waals surface area contributed by atoms with Gasteiger partial charge in [-0.1, -0.05) is 0 Å². The van der Waals surface area contributed by atoms with Gasteiger partial charge in [0.05, 0.1) is 0 Å². The first kappa shape index (κ1) is 10.1. The fraction of sp³-hybridized carbons (Fsp3) is 0.364. The maximum Gasteiger partial charge on any atom is 0.142 e. The van der Waals surface area contributed by atoms with Crippen molar-refractivity contribution >= 4 is 33.7 Å². The van der Waals surface area contributed by atoms with Gasteiger partial charge in [-0.15, -0.1) is 0 Å². The molecule has 3 nitrogen and oxygen atoms in total. The predicted molar refractivity (Wildman–Crippen MR) is 70.1 cm³/mol. The lowest BCUT2D eigenvalue weighted by Crippen LogP contribution is -1.99. The maximum absolute atomic E-state index is 5.89. The highest BCUT2D eigenvalue weighted by Crippen LogP contribution is 2.47. The summed E-state index contributed by atoms with van der Waals surface area (Å²) in [5.41, 5.74) is 8.46. The van der Waals surface area contributed by atoms with E-state index in [1.54, 1.807) is 11.3 Å². The lowest BCUT2D eigenvalue weighted by atomic mass is 10.2. The van der Waals surface area contributed by atoms with Crippen molar-refractivity contribution in [2.45, 2.75) is 25.3 Å². The van der Waals surface area contributed by atoms with Crippen LogP contribution in [0.3, 0.4) is 0 Å². The van der Waals surface area contributed by atoms with Gasteiger partial charge in [0.2, 0.25) is 0 Å². The zero-order valence-corrected chi connectivity index (χ0v) is 10.4. The third-order valence-electron chi connectivity index (χ3n) is 2.77. The van der Waals surface area contributed by atoms with E-state index in [1.807, 2.05) is 0 Å². The van der Waals surface area contributed by atoms with Gasteiger partial charge in [0.1, 0.15) is 10.8 Å². The van der Waals surface area contributed by atoms with Crippen LogP contribution in [0.25, 0.3) is 0 Å². The first-order valence-electron chi connectivity index (χ1n) is 5.34. The number of rotatable bonds is 4. The molecule has 0 aliphatic heterocycles. The third-order valence-corrected chi connectivity index (χ3v) is 4.34. The van der Waals surface area contributed by atoms with Crippen LogP contribution in [0.2, 0.25) is 0 Å². The second-order valence-electron chi connectivity index (χ2n) is 4.07. The Labute approximate surface area is 102 Å². The van der Waals surface area contributed by atoms with Crippen LogP contribution in [-0.4, -0.2) is 4.37 Å². The van der Waals surface area contributed by atoms with Gasteiger partial charge in [0.15, 0.2) is 0 Å². The van der Waals surface area contributed by atoms with Crippen LogP contribution in [0.5, 0.6) is 0 Å². The Morgan fingerprint density at radius 2 is 2.38 bits per heavy atom. The molecule has 0 saturated heterocycles. The van der Waals surface area contributed by atoms with Crippen molar-refractivity contribution in [2.24, 2.45) is 0 Å². The molecule has 2 aromatic rings. The van der Waals surface area contributed by atoms with E-state index < -0.39 is 0 Å². The average Bonchev–Trinajstić information content (AvgIpc) is 2.85. The zero-order valence-electron chi connectivity index (χ0n) is 8.77. The van der Waals surface area contributed by atoms with E-state index in [1.165, 1.54) is 35.5 Å². The first-order valence-corrected chi connectivity index (χ1v) is 7.06. The molecule has 0 unspecified atom stereocenters. The lowest BCUT2D eigenvalue weighted by Gasteiger charge is -2.04. The molecular weight excluding hydrogens is 238 g/mol. The highest BCUT2D eigenvalue weighted by molar-refractivity contribution is 7.10. The summed E-state index contributed by atoms with van der Waals surface area (Å²) in [6, 6.07) is 2.14. The molecule has 0 radical (unpaired) electrons. The molecule has 1 fully saturated rings. The molecular formula is C11H13N3S2. The smallest absolute Gasteiger partial charge is 0.142 e. The number of anilines is 2. The molecule has 0 amide bonds. The largest absolute Gasteiger partial charge is 0.383 e. The molecule has 16 heavy (non-hydrogen) atoms. The number of nitrogens with one attached hydrogen (secondary N) is 1. The minimum atomic E-state index is 0.656. The van der Waals surface area contributed by atoms with Crippen molar-refractivity contribution in [2.75, 3.05) is 11.1 Å². The maximum atomic E-state index is 5.89. The van der Waals surface area contributed by atoms with Gasteiger partial charge < -0.3 is 11.1 Å². The van der Waals surface area contributed by atoms with Gasteiger partial charge >= 0.3 is 0 Å². The van der Waals surface area contributed by atoms with Crippen molar-refractivity contribution in [3.63, 3.8) is 0 Å². The Morgan fingerprint density at radius 1 is 1.50 bits per heavy atom. The average molecular weight is 251 g/mol. The van der Waals surface area contributed by atoms with Crippen molar-refractivity contribution in [1.82, 2.24) is 4.37 Å². The minimum absolute atomic E-state index is 0.656. The van der Waals surface area contributed by atoms with Gasteiger partial charge in [-0.05, 0) is 52.7 Å². The molecule has 1 aliphatic carbocycles. The second kappa shape index (κ2) is 4.07. The summed E-state index contributed by atoms with van der Waals surface area (Å²) >= 11 is 3.21. The van der Waals surface area contributed by atoms with E-state index in [0.29, 0.717) is 5.92 Å². The molecule has 84 valence electrons. The highest BCUT2D eigenvalue weighted by atomic mass is 32.1. The van der Waals surface area contributed by atoms with Crippen LogP contribution in [0.4, 0.5) is 10.8 Å². The normalized spacial score (nSPS) is 15.2. The molecule has 3 rings (SSSR count). The number of thiophene rings is 1. The van der Waals surface area contributed by atoms with Crippen molar-refractivity contribution in [3.05, 3.63) is 28.0 Å². The SMILES string of the molecule is Nc1nsc(NCc2ccsc2)c1C1CC1. The molecule has 2 aromatic heterocycles. The van der Waals surface area contributed by atoms with Crippen molar-refractivity contribution in [3.8, 4) is 0 Å². The number of aromatic nitrogens is 1. The third kappa shape index (κ3) is 1.92. The molecule has 2 heterocycles. The summed E-state index contributed by atoms with van der Waals surface area (Å²) in [5.74, 6) is 1.38. The van der Waals surface area contributed by atoms with Crippen LogP contribution < -0.4 is 11.1 Å². The Balaban J connectivity index is 1.74. The van der Waals surface area contributed by atoms with Gasteiger partial charge in [-0.3, -0.25) is 0 Å². The van der Waals surface area contributed by atoms with E-state index >= 15 is 0 Å². The highest BCUT2D eigenvalue weighted by Gasteiger charge is 2.30. The summed E-state index contributed by atoms with van der Waals surface area (Å²) in [5, 5.41) is 8.86. The molecule has 0 atom stereocenters. The van der Waals surface area contributed by atoms with E-state index in [2.05, 4.69) is 26.5 Å². The van der Waals surface area contributed by atoms with Gasteiger partial charge in [-0.2, -0.15) is 15.7 Å². The molecule has 1 saturated carbocycles. The van der Waals surface area contributed by atoms with Crippen LogP contribution in [0.1, 0.15) is 29.9 Å². The Morgan fingerprint density at radius 3 is 3.06 bits per heavy atom. The summed E-state index contributed by atoms with van der Waals surface area (Å²) < 4.78 is 4.24. The molecule has 1 aliphatic rings. The summed E-state index contributed by atoms with van der Waals surface area (Å²) in [6.45, 7) is 0.866. The molecule has 0 spiro atoms. The quantitative estimate of drug-likeness (QED) is 0.876. The van der Waals surface area contributed by atoms with Crippen LogP contribution in [0.15, 0.2) is 16.8 Å². The van der Waals surface area contributed by atoms with Crippen LogP contribution in [0, 0.1) is 0 Å². The van der Waals surface area contributed by atoms with E-state index in [-0.39, 0.29) is 0 Å². The van der Waals surface area contributed by atoms with Gasteiger partial charge in [0, 0.05) is 12.1 Å². The first-order chi connectivity index (χ1) is 7.84. The summed E-state index contributed by atoms with van der Waals surface area (Å²) in [4.78, 5) is 0. The standard InChI is InChI=1S/C11H13N3S2/c12-10-9(8-1-2-8)11(16-14-10)13-5-7-3-4-15-6-7/h3-4,6,8,13H,1-2,5H2,(H2,12,14). The number of hydrogen-bond donors (Lipinski definition) is 2. The molecule has 0 bridgehead atoms. The van der Waals surface area contributed by atoms with Gasteiger partial charge in [-0.25, -0.2) is 0 Å². The van der Waals surface area contributed by atoms with E-state index in [4.69, 9.17) is 5.73 Å². The lowest BCUT2D eigenvalue weighted by molar-refractivity contribution is 1.11. The number of nitrogens with zero attached hydrogens (tertiary/aromatic N) is 1. The Bertz CT molecular complexity index is 471. The monoisotopic (exact) mass is 251 g/mol. The zero-order chi connectivity index (χ0) is 11.0. The van der Waals surface area contributed by atoms with Crippen molar-refractivity contribution < 1.29 is 0 Å².